The maximum Gasteiger partial charge on any atom is 0.333 e. The quantitative estimate of drug-likeness (QED) is 0.525. The van der Waals surface area contributed by atoms with Gasteiger partial charge in [-0.15, -0.1) is 0 Å². The van der Waals surface area contributed by atoms with Crippen molar-refractivity contribution >= 4 is 17.8 Å². The second-order valence-electron chi connectivity index (χ2n) is 5.59. The summed E-state index contributed by atoms with van der Waals surface area (Å²) in [7, 11) is 0. The van der Waals surface area contributed by atoms with Crippen molar-refractivity contribution in [2.75, 3.05) is 6.61 Å². The summed E-state index contributed by atoms with van der Waals surface area (Å²) in [6, 6.07) is 0. The van der Waals surface area contributed by atoms with Gasteiger partial charge in [0.15, 0.2) is 6.10 Å². The van der Waals surface area contributed by atoms with Crippen LogP contribution in [0.25, 0.3) is 0 Å². The first kappa shape index (κ1) is 18.0. The van der Waals surface area contributed by atoms with Crippen LogP contribution < -0.4 is 5.73 Å². The van der Waals surface area contributed by atoms with Gasteiger partial charge in [0.05, 0.1) is 12.5 Å². The van der Waals surface area contributed by atoms with E-state index in [1.807, 2.05) is 6.08 Å². The van der Waals surface area contributed by atoms with E-state index in [4.69, 9.17) is 25.4 Å². The summed E-state index contributed by atoms with van der Waals surface area (Å²) in [5.74, 6) is -2.76. The van der Waals surface area contributed by atoms with Gasteiger partial charge >= 0.3 is 11.9 Å². The number of nitrogens with two attached hydrogens (primary N) is 1. The molecule has 24 heavy (non-hydrogen) atoms. The molecule has 9 heteroatoms. The van der Waals surface area contributed by atoms with E-state index < -0.39 is 30.4 Å². The third-order valence-corrected chi connectivity index (χ3v) is 3.73. The molecule has 4 N–H and O–H groups in total. The Morgan fingerprint density at radius 3 is 2.83 bits per heavy atom. The van der Waals surface area contributed by atoms with Crippen LogP contribution in [-0.4, -0.2) is 58.0 Å². The number of hydrogen-bond donors (Lipinski definition) is 3. The van der Waals surface area contributed by atoms with Gasteiger partial charge in [0.25, 0.3) is 0 Å². The fourth-order valence-electron chi connectivity index (χ4n) is 2.44. The van der Waals surface area contributed by atoms with Gasteiger partial charge in [0, 0.05) is 18.0 Å². The van der Waals surface area contributed by atoms with Crippen molar-refractivity contribution in [1.82, 2.24) is 4.90 Å². The van der Waals surface area contributed by atoms with E-state index in [0.29, 0.717) is 24.8 Å². The molecule has 2 aliphatic heterocycles. The maximum absolute atomic E-state index is 11.4. The van der Waals surface area contributed by atoms with E-state index in [2.05, 4.69) is 0 Å². The Morgan fingerprint density at radius 2 is 2.17 bits per heavy atom. The lowest BCUT2D eigenvalue weighted by Crippen LogP contribution is -2.31. The van der Waals surface area contributed by atoms with Crippen molar-refractivity contribution in [3.63, 3.8) is 0 Å². The predicted octanol–water partition coefficient (Wildman–Crippen LogP) is -0.541. The number of aliphatic hydroxyl groups excluding tert-OH is 1. The summed E-state index contributed by atoms with van der Waals surface area (Å²) in [5, 5.41) is 17.6. The summed E-state index contributed by atoms with van der Waals surface area (Å²) in [6.07, 6.45) is 4.05. The highest BCUT2D eigenvalue weighted by Crippen LogP contribution is 2.26. The molecule has 132 valence electrons. The number of aliphatic hydroxyl groups is 1. The lowest BCUT2D eigenvalue weighted by atomic mass is 10.1. The van der Waals surface area contributed by atoms with E-state index in [-0.39, 0.29) is 18.9 Å². The average Bonchev–Trinajstić information content (AvgIpc) is 3.02. The van der Waals surface area contributed by atoms with Gasteiger partial charge in [0.1, 0.15) is 12.8 Å². The Morgan fingerprint density at radius 1 is 1.42 bits per heavy atom. The molecular formula is C15H20N2O7. The number of nitrogens with zero attached hydrogens (tertiary/aromatic N) is 1. The van der Waals surface area contributed by atoms with Gasteiger partial charge in [-0.1, -0.05) is 6.08 Å². The summed E-state index contributed by atoms with van der Waals surface area (Å²) in [5.41, 5.74) is 5.75. The minimum Gasteiger partial charge on any atom is -0.479 e. The van der Waals surface area contributed by atoms with Gasteiger partial charge in [-0.2, -0.15) is 0 Å². The topological polar surface area (TPSA) is 139 Å². The van der Waals surface area contributed by atoms with Crippen LogP contribution in [0, 0.1) is 0 Å². The van der Waals surface area contributed by atoms with Gasteiger partial charge in [-0.3, -0.25) is 9.59 Å². The fraction of sp³-hybridized carbons (Fsp3) is 0.533. The minimum absolute atomic E-state index is 0.0222. The molecule has 2 aliphatic rings. The summed E-state index contributed by atoms with van der Waals surface area (Å²) >= 11 is 0. The number of aliphatic carboxylic acids is 1. The van der Waals surface area contributed by atoms with Gasteiger partial charge < -0.3 is 30.3 Å². The van der Waals surface area contributed by atoms with Crippen LogP contribution in [0.5, 0.6) is 0 Å². The zero-order valence-corrected chi connectivity index (χ0v) is 13.0. The summed E-state index contributed by atoms with van der Waals surface area (Å²) in [6.45, 7) is -0.0222. The second kappa shape index (κ2) is 7.93. The molecule has 0 bridgehead atoms. The minimum atomic E-state index is -1.77. The molecule has 0 aromatic heterocycles. The van der Waals surface area contributed by atoms with Crippen LogP contribution in [0.15, 0.2) is 24.0 Å². The predicted molar refractivity (Wildman–Crippen MR) is 80.0 cm³/mol. The third-order valence-electron chi connectivity index (χ3n) is 3.73. The van der Waals surface area contributed by atoms with Crippen molar-refractivity contribution in [3.05, 3.63) is 24.0 Å². The standard InChI is InChI=1S/C15H20N2O7/c16-14(20)9-2-1-5-17(7-9)12-4-3-10(24-12)8-23-13(19)6-11(18)15(21)22/h1,5,7,10-12,18H,2-4,6,8H2,(H2,16,20)(H,21,22)/t10-,11-,12+/m0/s1. The molecule has 3 atom stereocenters. The number of rotatable bonds is 7. The molecule has 2 heterocycles. The smallest absolute Gasteiger partial charge is 0.333 e. The average molecular weight is 340 g/mol. The first-order valence-electron chi connectivity index (χ1n) is 7.53. The zero-order valence-electron chi connectivity index (χ0n) is 13.0. The first-order chi connectivity index (χ1) is 11.4. The monoisotopic (exact) mass is 340 g/mol. The van der Waals surface area contributed by atoms with Crippen molar-refractivity contribution < 1.29 is 34.1 Å². The number of carboxylic acid groups (broad SMARTS) is 1. The van der Waals surface area contributed by atoms with E-state index in [1.165, 1.54) is 0 Å². The first-order valence-corrected chi connectivity index (χ1v) is 7.53. The molecule has 9 nitrogen and oxygen atoms in total. The summed E-state index contributed by atoms with van der Waals surface area (Å²) < 4.78 is 10.7. The molecule has 0 spiro atoms. The SMILES string of the molecule is NC(=O)C1=CN([C@H]2CC[C@@H](COC(=O)C[C@H](O)C(=O)O)O2)C=CC1. The van der Waals surface area contributed by atoms with Gasteiger partial charge in [-0.25, -0.2) is 4.79 Å². The fourth-order valence-corrected chi connectivity index (χ4v) is 2.44. The van der Waals surface area contributed by atoms with Crippen molar-refractivity contribution in [2.24, 2.45) is 5.73 Å². The number of carbonyl (C=O) groups excluding carboxylic acids is 2. The highest BCUT2D eigenvalue weighted by Gasteiger charge is 2.30. The zero-order chi connectivity index (χ0) is 17.7. The maximum atomic E-state index is 11.4. The number of primary amides is 1. The number of amides is 1. The molecule has 0 saturated carbocycles. The molecule has 1 fully saturated rings. The molecule has 0 aliphatic carbocycles. The Hall–Kier alpha value is -2.39. The number of esters is 1. The van der Waals surface area contributed by atoms with Crippen LogP contribution in [-0.2, 0) is 23.9 Å². The number of allylic oxidation sites excluding steroid dienone is 1. The number of carboxylic acids is 1. The van der Waals surface area contributed by atoms with Gasteiger partial charge in [0.2, 0.25) is 5.91 Å². The van der Waals surface area contributed by atoms with Gasteiger partial charge in [-0.05, 0) is 19.3 Å². The summed E-state index contributed by atoms with van der Waals surface area (Å²) in [4.78, 5) is 34.9. The molecule has 2 rings (SSSR count). The van der Waals surface area contributed by atoms with Crippen LogP contribution in [0.4, 0.5) is 0 Å². The third kappa shape index (κ3) is 4.80. The number of ether oxygens (including phenoxy) is 2. The highest BCUT2D eigenvalue weighted by molar-refractivity contribution is 5.92. The van der Waals surface area contributed by atoms with Crippen LogP contribution in [0.3, 0.4) is 0 Å². The molecule has 0 aromatic rings. The van der Waals surface area contributed by atoms with Crippen molar-refractivity contribution in [3.8, 4) is 0 Å². The van der Waals surface area contributed by atoms with Crippen LogP contribution >= 0.6 is 0 Å². The van der Waals surface area contributed by atoms with Crippen LogP contribution in [0.2, 0.25) is 0 Å². The Labute approximate surface area is 138 Å². The number of hydrogen-bond acceptors (Lipinski definition) is 7. The second-order valence-corrected chi connectivity index (χ2v) is 5.59. The van der Waals surface area contributed by atoms with Crippen molar-refractivity contribution in [2.45, 2.75) is 44.1 Å². The van der Waals surface area contributed by atoms with E-state index in [1.54, 1.807) is 17.3 Å². The molecular weight excluding hydrogens is 320 g/mol. The highest BCUT2D eigenvalue weighted by atomic mass is 16.6. The molecule has 1 saturated heterocycles. The lowest BCUT2D eigenvalue weighted by Gasteiger charge is -2.27. The lowest BCUT2D eigenvalue weighted by molar-refractivity contribution is -0.158. The Bertz CT molecular complexity index is 572. The van der Waals surface area contributed by atoms with Crippen molar-refractivity contribution in [1.29, 1.82) is 0 Å². The molecule has 0 unspecified atom stereocenters. The largest absolute Gasteiger partial charge is 0.479 e. The molecule has 1 amide bonds. The molecule has 0 radical (unpaired) electrons. The van der Waals surface area contributed by atoms with E-state index in [9.17, 15) is 14.4 Å². The Kier molecular flexibility index (Phi) is 5.93. The molecule has 0 aromatic carbocycles. The van der Waals surface area contributed by atoms with E-state index in [0.717, 1.165) is 0 Å². The normalized spacial score (nSPS) is 24.4. The number of carbonyl (C=O) groups is 3. The van der Waals surface area contributed by atoms with E-state index >= 15 is 0 Å². The Balaban J connectivity index is 1.78. The van der Waals surface area contributed by atoms with Crippen LogP contribution in [0.1, 0.15) is 25.7 Å².